The third-order valence-corrected chi connectivity index (χ3v) is 6.57. The molecule has 0 saturated heterocycles. The van der Waals surface area contributed by atoms with Gasteiger partial charge < -0.3 is 10.6 Å². The van der Waals surface area contributed by atoms with Gasteiger partial charge in [0.1, 0.15) is 10.2 Å². The first-order valence-electron chi connectivity index (χ1n) is 9.32. The van der Waals surface area contributed by atoms with Gasteiger partial charge in [0.05, 0.1) is 28.1 Å². The van der Waals surface area contributed by atoms with E-state index < -0.39 is 68.8 Å². The Labute approximate surface area is 212 Å². The fourth-order valence-corrected chi connectivity index (χ4v) is 4.44. The smallest absolute Gasteiger partial charge is 0.346 e. The fourth-order valence-electron chi connectivity index (χ4n) is 3.21. The van der Waals surface area contributed by atoms with Gasteiger partial charge in [0, 0.05) is 11.6 Å². The van der Waals surface area contributed by atoms with E-state index in [0.717, 1.165) is 12.1 Å². The maximum Gasteiger partial charge on any atom is 0.455 e. The Hall–Kier alpha value is -1.95. The minimum Gasteiger partial charge on any atom is -0.346 e. The number of nitrogens with one attached hydrogen (secondary N) is 2. The lowest BCUT2D eigenvalue weighted by atomic mass is 10.1. The zero-order valence-electron chi connectivity index (χ0n) is 16.7. The molecule has 1 aliphatic carbocycles. The largest absolute Gasteiger partial charge is 0.455 e. The van der Waals surface area contributed by atoms with Crippen molar-refractivity contribution in [1.82, 2.24) is 5.32 Å². The molecule has 0 heterocycles. The number of carbonyl (C=O) groups excluding carboxylic acids is 2. The molecule has 35 heavy (non-hydrogen) atoms. The minimum atomic E-state index is -5.95. The van der Waals surface area contributed by atoms with Crippen molar-refractivity contribution in [3.8, 4) is 0 Å². The van der Waals surface area contributed by atoms with E-state index >= 15 is 0 Å². The Kier molecular flexibility index (Phi) is 7.50. The van der Waals surface area contributed by atoms with Crippen LogP contribution in [0, 0.1) is 17.6 Å². The van der Waals surface area contributed by atoms with Crippen molar-refractivity contribution in [2.75, 3.05) is 11.9 Å². The molecule has 2 atom stereocenters. The molecule has 2 amide bonds. The number of carbonyl (C=O) groups is 2. The van der Waals surface area contributed by atoms with Crippen LogP contribution in [0.4, 0.5) is 36.4 Å². The van der Waals surface area contributed by atoms with Crippen molar-refractivity contribution in [3.63, 3.8) is 0 Å². The molecule has 1 saturated carbocycles. The SMILES string of the molecule is O=C(NCC(F)(F)C(F)(F)F)c1cc(NC(=O)[C@H]2[C@H](c3ccc(F)c(Cl)c3)C2(Cl)Cl)cc(Cl)c1F. The predicted octanol–water partition coefficient (Wildman–Crippen LogP) is 6.73. The zero-order valence-corrected chi connectivity index (χ0v) is 19.7. The van der Waals surface area contributed by atoms with Gasteiger partial charge in [-0.1, -0.05) is 29.3 Å². The first-order chi connectivity index (χ1) is 16.0. The minimum absolute atomic E-state index is 0.241. The highest BCUT2D eigenvalue weighted by molar-refractivity contribution is 6.53. The van der Waals surface area contributed by atoms with Crippen molar-refractivity contribution >= 4 is 63.9 Å². The van der Waals surface area contributed by atoms with Crippen LogP contribution in [0.15, 0.2) is 30.3 Å². The lowest BCUT2D eigenvalue weighted by Gasteiger charge is -2.20. The molecule has 0 spiro atoms. The summed E-state index contributed by atoms with van der Waals surface area (Å²) >= 11 is 23.8. The van der Waals surface area contributed by atoms with E-state index in [0.29, 0.717) is 11.6 Å². The summed E-state index contributed by atoms with van der Waals surface area (Å²) in [4.78, 5) is 24.8. The van der Waals surface area contributed by atoms with Crippen molar-refractivity contribution < 1.29 is 40.3 Å². The van der Waals surface area contributed by atoms with Crippen LogP contribution in [-0.2, 0) is 4.79 Å². The van der Waals surface area contributed by atoms with Gasteiger partial charge in [-0.05, 0) is 29.8 Å². The van der Waals surface area contributed by atoms with Crippen LogP contribution >= 0.6 is 46.4 Å². The number of hydrogen-bond donors (Lipinski definition) is 2. The molecule has 1 aliphatic rings. The van der Waals surface area contributed by atoms with Crippen LogP contribution in [0.3, 0.4) is 0 Å². The van der Waals surface area contributed by atoms with E-state index in [2.05, 4.69) is 5.32 Å². The van der Waals surface area contributed by atoms with Crippen LogP contribution in [0.5, 0.6) is 0 Å². The van der Waals surface area contributed by atoms with Crippen molar-refractivity contribution in [3.05, 3.63) is 63.1 Å². The molecule has 15 heteroatoms. The van der Waals surface area contributed by atoms with Gasteiger partial charge in [0.15, 0.2) is 5.82 Å². The number of benzene rings is 2. The maximum absolute atomic E-state index is 14.3. The lowest BCUT2D eigenvalue weighted by Crippen LogP contribution is -2.46. The van der Waals surface area contributed by atoms with Crippen LogP contribution in [0.1, 0.15) is 21.8 Å². The summed E-state index contributed by atoms with van der Waals surface area (Å²) < 4.78 is 89.0. The van der Waals surface area contributed by atoms with Gasteiger partial charge in [0.25, 0.3) is 5.91 Å². The summed E-state index contributed by atoms with van der Waals surface area (Å²) in [5, 5.41) is 2.57. The zero-order chi connectivity index (χ0) is 26.5. The van der Waals surface area contributed by atoms with Crippen LogP contribution in [0.25, 0.3) is 0 Å². The number of anilines is 1. The normalized spacial score (nSPS) is 19.3. The Morgan fingerprint density at radius 2 is 1.60 bits per heavy atom. The quantitative estimate of drug-likeness (QED) is 0.292. The summed E-state index contributed by atoms with van der Waals surface area (Å²) in [5.74, 6) is -11.8. The molecule has 2 N–H and O–H groups in total. The Balaban J connectivity index is 1.78. The van der Waals surface area contributed by atoms with Crippen molar-refractivity contribution in [1.29, 1.82) is 0 Å². The molecule has 0 unspecified atom stereocenters. The number of amides is 2. The highest BCUT2D eigenvalue weighted by Gasteiger charge is 2.67. The van der Waals surface area contributed by atoms with Gasteiger partial charge in [-0.3, -0.25) is 9.59 Å². The molecule has 3 rings (SSSR count). The van der Waals surface area contributed by atoms with Gasteiger partial charge in [0.2, 0.25) is 5.91 Å². The maximum atomic E-state index is 14.3. The molecule has 2 aromatic rings. The summed E-state index contributed by atoms with van der Waals surface area (Å²) in [6.45, 7) is -2.16. The van der Waals surface area contributed by atoms with Crippen molar-refractivity contribution in [2.45, 2.75) is 22.4 Å². The highest BCUT2D eigenvalue weighted by atomic mass is 35.5. The van der Waals surface area contributed by atoms with Crippen LogP contribution in [-0.4, -0.2) is 34.8 Å². The van der Waals surface area contributed by atoms with E-state index in [4.69, 9.17) is 46.4 Å². The lowest BCUT2D eigenvalue weighted by molar-refractivity contribution is -0.278. The summed E-state index contributed by atoms with van der Waals surface area (Å²) in [7, 11) is 0. The molecular formula is C20H11Cl4F7N2O2. The third-order valence-electron chi connectivity index (χ3n) is 5.06. The molecule has 190 valence electrons. The van der Waals surface area contributed by atoms with E-state index in [-0.39, 0.29) is 10.7 Å². The monoisotopic (exact) mass is 584 g/mol. The fraction of sp³-hybridized carbons (Fsp3) is 0.300. The van der Waals surface area contributed by atoms with E-state index in [1.54, 1.807) is 0 Å². The number of alkyl halides is 7. The molecule has 0 aromatic heterocycles. The summed E-state index contributed by atoms with van der Waals surface area (Å²) in [6, 6.07) is 5.12. The second-order valence-corrected chi connectivity index (χ2v) is 9.76. The second-order valence-electron chi connectivity index (χ2n) is 7.50. The number of halogens is 11. The van der Waals surface area contributed by atoms with E-state index in [9.17, 15) is 40.3 Å². The third kappa shape index (κ3) is 5.58. The number of hydrogen-bond acceptors (Lipinski definition) is 2. The Morgan fingerprint density at radius 3 is 2.17 bits per heavy atom. The predicted molar refractivity (Wildman–Crippen MR) is 115 cm³/mol. The Morgan fingerprint density at radius 1 is 0.971 bits per heavy atom. The van der Waals surface area contributed by atoms with E-state index in [1.807, 2.05) is 0 Å². The van der Waals surface area contributed by atoms with Crippen LogP contribution in [0.2, 0.25) is 10.0 Å². The highest BCUT2D eigenvalue weighted by Crippen LogP contribution is 2.65. The molecule has 0 aliphatic heterocycles. The van der Waals surface area contributed by atoms with Crippen LogP contribution < -0.4 is 10.6 Å². The number of rotatable bonds is 6. The van der Waals surface area contributed by atoms with Gasteiger partial charge >= 0.3 is 12.1 Å². The van der Waals surface area contributed by atoms with Gasteiger partial charge in [-0.25, -0.2) is 8.78 Å². The van der Waals surface area contributed by atoms with Gasteiger partial charge in [-0.15, -0.1) is 23.2 Å². The Bertz CT molecular complexity index is 1190. The summed E-state index contributed by atoms with van der Waals surface area (Å²) in [5.41, 5.74) is -0.975. The molecule has 0 radical (unpaired) electrons. The standard InChI is InChI=1S/C20H11Cl4F7N2O2/c21-10-3-7(1-2-12(10)25)13-14(19(13,23)24)17(35)33-8-4-9(15(26)11(22)5-8)16(34)32-6-18(27,28)20(29,30)31/h1-5,13-14H,6H2,(H,32,34)(H,33,35)/t13-,14+/m0/s1. The molecule has 1 fully saturated rings. The first-order valence-corrected chi connectivity index (χ1v) is 10.8. The second kappa shape index (κ2) is 9.49. The summed E-state index contributed by atoms with van der Waals surface area (Å²) in [6.07, 6.45) is -5.95. The molecular weight excluding hydrogens is 575 g/mol. The molecule has 2 aromatic carbocycles. The average molecular weight is 586 g/mol. The molecule has 4 nitrogen and oxygen atoms in total. The average Bonchev–Trinajstić information content (AvgIpc) is 3.32. The first kappa shape index (κ1) is 27.6. The van der Waals surface area contributed by atoms with E-state index in [1.165, 1.54) is 17.4 Å². The van der Waals surface area contributed by atoms with Gasteiger partial charge in [-0.2, -0.15) is 22.0 Å². The van der Waals surface area contributed by atoms with Crippen molar-refractivity contribution in [2.24, 2.45) is 5.92 Å². The topological polar surface area (TPSA) is 58.2 Å². The molecule has 0 bridgehead atoms.